The predicted molar refractivity (Wildman–Crippen MR) is 58.3 cm³/mol. The molecule has 0 aromatic heterocycles. The third-order valence-electron chi connectivity index (χ3n) is 3.46. The maximum absolute atomic E-state index is 6.21. The highest BCUT2D eigenvalue weighted by Gasteiger charge is 2.40. The molecule has 0 amide bonds. The molecule has 1 nitrogen and oxygen atoms in total. The summed E-state index contributed by atoms with van der Waals surface area (Å²) < 4.78 is 6.21. The maximum atomic E-state index is 6.21. The molecule has 1 unspecified atom stereocenters. The van der Waals surface area contributed by atoms with Crippen LogP contribution in [-0.2, 0) is 4.74 Å². The number of hydrogen-bond acceptors (Lipinski definition) is 2. The van der Waals surface area contributed by atoms with E-state index < -0.39 is 0 Å². The molecular weight excluding hydrogens is 180 g/mol. The highest BCUT2D eigenvalue weighted by atomic mass is 32.2. The number of ether oxygens (including phenoxy) is 1. The normalized spacial score (nSPS) is 32.5. The van der Waals surface area contributed by atoms with Gasteiger partial charge in [-0.1, -0.05) is 19.3 Å². The lowest BCUT2D eigenvalue weighted by atomic mass is 9.83. The van der Waals surface area contributed by atoms with Crippen molar-refractivity contribution in [2.75, 3.05) is 12.0 Å². The zero-order valence-electron chi connectivity index (χ0n) is 8.55. The van der Waals surface area contributed by atoms with Crippen molar-refractivity contribution >= 4 is 11.8 Å². The lowest BCUT2D eigenvalue weighted by Crippen LogP contribution is -2.32. The second kappa shape index (κ2) is 4.22. The molecule has 0 aromatic carbocycles. The Labute approximate surface area is 85.6 Å². The molecule has 1 spiro atoms. The number of rotatable bonds is 2. The van der Waals surface area contributed by atoms with Gasteiger partial charge in [0.2, 0.25) is 0 Å². The summed E-state index contributed by atoms with van der Waals surface area (Å²) in [6.07, 6.45) is 12.3. The van der Waals surface area contributed by atoms with Gasteiger partial charge in [-0.15, -0.1) is 0 Å². The third-order valence-corrected chi connectivity index (χ3v) is 4.16. The lowest BCUT2D eigenvalue weighted by Gasteiger charge is -2.33. The molecule has 1 atom stereocenters. The molecule has 1 saturated heterocycles. The van der Waals surface area contributed by atoms with Crippen molar-refractivity contribution in [3.63, 3.8) is 0 Å². The number of hydrogen-bond donors (Lipinski definition) is 0. The maximum Gasteiger partial charge on any atom is 0.0687 e. The van der Waals surface area contributed by atoms with Crippen molar-refractivity contribution in [3.8, 4) is 0 Å². The molecule has 1 aliphatic carbocycles. The van der Waals surface area contributed by atoms with Crippen LogP contribution >= 0.6 is 11.8 Å². The first-order valence-corrected chi connectivity index (χ1v) is 6.91. The van der Waals surface area contributed by atoms with Gasteiger partial charge in [-0.25, -0.2) is 0 Å². The van der Waals surface area contributed by atoms with Crippen molar-refractivity contribution in [2.24, 2.45) is 0 Å². The fourth-order valence-electron chi connectivity index (χ4n) is 2.76. The van der Waals surface area contributed by atoms with E-state index in [1.54, 1.807) is 0 Å². The van der Waals surface area contributed by atoms with E-state index in [0.717, 1.165) is 0 Å². The first kappa shape index (κ1) is 9.85. The summed E-state index contributed by atoms with van der Waals surface area (Å²) >= 11 is 1.92. The summed E-state index contributed by atoms with van der Waals surface area (Å²) in [6.45, 7) is 0. The van der Waals surface area contributed by atoms with Gasteiger partial charge in [0.15, 0.2) is 0 Å². The van der Waals surface area contributed by atoms with Gasteiger partial charge in [-0.3, -0.25) is 0 Å². The van der Waals surface area contributed by atoms with E-state index in [9.17, 15) is 0 Å². The summed E-state index contributed by atoms with van der Waals surface area (Å²) in [5, 5.41) is 0. The Morgan fingerprint density at radius 3 is 2.69 bits per heavy atom. The third kappa shape index (κ3) is 2.21. The van der Waals surface area contributed by atoms with Crippen LogP contribution in [0.25, 0.3) is 0 Å². The first-order valence-electron chi connectivity index (χ1n) is 5.51. The average molecular weight is 200 g/mol. The zero-order valence-corrected chi connectivity index (χ0v) is 9.37. The van der Waals surface area contributed by atoms with Crippen LogP contribution in [0.2, 0.25) is 0 Å². The van der Waals surface area contributed by atoms with Gasteiger partial charge in [0, 0.05) is 5.75 Å². The van der Waals surface area contributed by atoms with E-state index in [1.807, 2.05) is 11.8 Å². The molecule has 76 valence electrons. The second-order valence-corrected chi connectivity index (χ2v) is 5.39. The average Bonchev–Trinajstić information content (AvgIpc) is 2.51. The van der Waals surface area contributed by atoms with Gasteiger partial charge in [0.25, 0.3) is 0 Å². The summed E-state index contributed by atoms with van der Waals surface area (Å²) in [5.41, 5.74) is 0.332. The van der Waals surface area contributed by atoms with Gasteiger partial charge in [0.1, 0.15) is 0 Å². The molecule has 2 aliphatic rings. The first-order chi connectivity index (χ1) is 6.35. The van der Waals surface area contributed by atoms with Crippen LogP contribution in [0.1, 0.15) is 44.9 Å². The fourth-order valence-corrected chi connectivity index (χ4v) is 3.37. The minimum atomic E-state index is 0.332. The molecule has 0 N–H and O–H groups in total. The quantitative estimate of drug-likeness (QED) is 0.677. The summed E-state index contributed by atoms with van der Waals surface area (Å²) in [5.74, 6) is 1.20. The SMILES string of the molecule is CSCC1CCC2(CCCCC2)O1. The Morgan fingerprint density at radius 2 is 2.00 bits per heavy atom. The summed E-state index contributed by atoms with van der Waals surface area (Å²) in [6, 6.07) is 0. The summed E-state index contributed by atoms with van der Waals surface area (Å²) in [4.78, 5) is 0. The largest absolute Gasteiger partial charge is 0.371 e. The minimum absolute atomic E-state index is 0.332. The Hall–Kier alpha value is 0.310. The van der Waals surface area contributed by atoms with Gasteiger partial charge in [-0.2, -0.15) is 11.8 Å². The van der Waals surface area contributed by atoms with E-state index in [2.05, 4.69) is 6.26 Å². The van der Waals surface area contributed by atoms with Crippen molar-refractivity contribution in [2.45, 2.75) is 56.7 Å². The van der Waals surface area contributed by atoms with Crippen molar-refractivity contribution in [1.82, 2.24) is 0 Å². The highest BCUT2D eigenvalue weighted by Crippen LogP contribution is 2.42. The van der Waals surface area contributed by atoms with Crippen LogP contribution in [-0.4, -0.2) is 23.7 Å². The highest BCUT2D eigenvalue weighted by molar-refractivity contribution is 7.98. The molecule has 0 radical (unpaired) electrons. The molecule has 1 heterocycles. The van der Waals surface area contributed by atoms with Crippen LogP contribution in [0.4, 0.5) is 0 Å². The predicted octanol–water partition coefficient (Wildman–Crippen LogP) is 3.23. The topological polar surface area (TPSA) is 9.23 Å². The smallest absolute Gasteiger partial charge is 0.0687 e. The van der Waals surface area contributed by atoms with E-state index in [1.165, 1.54) is 50.7 Å². The van der Waals surface area contributed by atoms with E-state index in [-0.39, 0.29) is 0 Å². The van der Waals surface area contributed by atoms with Crippen LogP contribution < -0.4 is 0 Å². The van der Waals surface area contributed by atoms with Crippen molar-refractivity contribution in [1.29, 1.82) is 0 Å². The minimum Gasteiger partial charge on any atom is -0.371 e. The molecule has 0 bridgehead atoms. The molecular formula is C11H20OS. The number of thioether (sulfide) groups is 1. The van der Waals surface area contributed by atoms with E-state index in [0.29, 0.717) is 11.7 Å². The lowest BCUT2D eigenvalue weighted by molar-refractivity contribution is -0.0555. The molecule has 2 rings (SSSR count). The molecule has 0 aromatic rings. The van der Waals surface area contributed by atoms with Crippen LogP contribution in [0.15, 0.2) is 0 Å². The fraction of sp³-hybridized carbons (Fsp3) is 1.00. The molecule has 2 heteroatoms. The Kier molecular flexibility index (Phi) is 3.20. The van der Waals surface area contributed by atoms with Crippen molar-refractivity contribution < 1.29 is 4.74 Å². The van der Waals surface area contributed by atoms with E-state index >= 15 is 0 Å². The monoisotopic (exact) mass is 200 g/mol. The van der Waals surface area contributed by atoms with Crippen molar-refractivity contribution in [3.05, 3.63) is 0 Å². The molecule has 2 fully saturated rings. The zero-order chi connectivity index (χ0) is 9.15. The van der Waals surface area contributed by atoms with E-state index in [4.69, 9.17) is 4.74 Å². The Morgan fingerprint density at radius 1 is 1.23 bits per heavy atom. The van der Waals surface area contributed by atoms with Crippen LogP contribution in [0, 0.1) is 0 Å². The Balaban J connectivity index is 1.87. The molecule has 1 aliphatic heterocycles. The van der Waals surface area contributed by atoms with Gasteiger partial charge < -0.3 is 4.74 Å². The van der Waals surface area contributed by atoms with Crippen LogP contribution in [0.5, 0.6) is 0 Å². The van der Waals surface area contributed by atoms with Gasteiger partial charge in [0.05, 0.1) is 11.7 Å². The molecule has 13 heavy (non-hydrogen) atoms. The van der Waals surface area contributed by atoms with Gasteiger partial charge >= 0.3 is 0 Å². The van der Waals surface area contributed by atoms with Gasteiger partial charge in [-0.05, 0) is 31.9 Å². The second-order valence-electron chi connectivity index (χ2n) is 4.48. The van der Waals surface area contributed by atoms with Crippen LogP contribution in [0.3, 0.4) is 0 Å². The standard InChI is InChI=1S/C11H20OS/c1-13-9-10-5-8-11(12-10)6-3-2-4-7-11/h10H,2-9H2,1H3. The Bertz CT molecular complexity index is 163. The molecule has 1 saturated carbocycles. The summed E-state index contributed by atoms with van der Waals surface area (Å²) in [7, 11) is 0.